The predicted molar refractivity (Wildman–Crippen MR) is 113 cm³/mol. The van der Waals surface area contributed by atoms with E-state index in [4.69, 9.17) is 0 Å². The molecule has 0 saturated heterocycles. The van der Waals surface area contributed by atoms with Gasteiger partial charge in [-0.2, -0.15) is 0 Å². The van der Waals surface area contributed by atoms with Crippen LogP contribution >= 0.6 is 11.3 Å². The summed E-state index contributed by atoms with van der Waals surface area (Å²) in [6.45, 7) is 6.42. The van der Waals surface area contributed by atoms with Crippen molar-refractivity contribution in [2.45, 2.75) is 46.5 Å². The molecule has 0 atom stereocenters. The van der Waals surface area contributed by atoms with Gasteiger partial charge in [-0.1, -0.05) is 38.5 Å². The monoisotopic (exact) mass is 425 g/mol. The Labute approximate surface area is 178 Å². The van der Waals surface area contributed by atoms with Crippen LogP contribution in [0.4, 0.5) is 5.13 Å². The van der Waals surface area contributed by atoms with Crippen LogP contribution in [0, 0.1) is 5.41 Å². The quantitative estimate of drug-likeness (QED) is 0.732. The van der Waals surface area contributed by atoms with Crippen molar-refractivity contribution in [2.24, 2.45) is 5.41 Å². The molecule has 0 fully saturated rings. The molecule has 2 heterocycles. The van der Waals surface area contributed by atoms with Crippen molar-refractivity contribution in [3.8, 4) is 0 Å². The van der Waals surface area contributed by atoms with Crippen LogP contribution in [0.3, 0.4) is 0 Å². The predicted octanol–water partition coefficient (Wildman–Crippen LogP) is 3.95. The van der Waals surface area contributed by atoms with Crippen molar-refractivity contribution in [1.82, 2.24) is 9.88 Å². The molecule has 0 saturated carbocycles. The number of unbranched alkanes of at least 4 members (excludes halogenated alkanes) is 1. The number of benzene rings is 1. The van der Waals surface area contributed by atoms with Gasteiger partial charge in [0, 0.05) is 18.5 Å². The Bertz CT molecular complexity index is 1090. The number of carbonyl (C=O) groups excluding carboxylic acids is 4. The summed E-state index contributed by atoms with van der Waals surface area (Å²) < 4.78 is 0. The lowest BCUT2D eigenvalue weighted by Gasteiger charge is -2.26. The average molecular weight is 426 g/mol. The Hall–Kier alpha value is -2.87. The number of thiazole rings is 1. The molecule has 0 radical (unpaired) electrons. The Morgan fingerprint density at radius 3 is 2.63 bits per heavy atom. The number of nitrogens with one attached hydrogen (secondary N) is 1. The van der Waals surface area contributed by atoms with Crippen LogP contribution in [-0.4, -0.2) is 39.9 Å². The molecule has 1 aromatic heterocycles. The van der Waals surface area contributed by atoms with Gasteiger partial charge in [0.1, 0.15) is 0 Å². The molecule has 8 heteroatoms. The molecule has 0 bridgehead atoms. The van der Waals surface area contributed by atoms with Crippen molar-refractivity contribution in [3.05, 3.63) is 45.5 Å². The minimum atomic E-state index is -0.428. The number of hydrogen-bond donors (Lipinski definition) is 1. The fourth-order valence-corrected chi connectivity index (χ4v) is 4.81. The average Bonchev–Trinajstić information content (AvgIpc) is 3.18. The normalized spacial score (nSPS) is 17.2. The van der Waals surface area contributed by atoms with E-state index in [0.717, 1.165) is 18.5 Å². The number of ketones is 1. The Morgan fingerprint density at radius 2 is 1.90 bits per heavy atom. The number of hydrogen-bond acceptors (Lipinski definition) is 6. The number of amides is 3. The van der Waals surface area contributed by atoms with E-state index >= 15 is 0 Å². The summed E-state index contributed by atoms with van der Waals surface area (Å²) >= 11 is 1.18. The van der Waals surface area contributed by atoms with E-state index in [1.165, 1.54) is 34.4 Å². The van der Waals surface area contributed by atoms with Gasteiger partial charge < -0.3 is 0 Å². The number of anilines is 1. The van der Waals surface area contributed by atoms with Crippen LogP contribution in [0.15, 0.2) is 18.2 Å². The van der Waals surface area contributed by atoms with Gasteiger partial charge in [0.25, 0.3) is 17.7 Å². The van der Waals surface area contributed by atoms with Gasteiger partial charge in [-0.3, -0.25) is 29.4 Å². The van der Waals surface area contributed by atoms with Gasteiger partial charge in [-0.15, -0.1) is 0 Å². The Morgan fingerprint density at radius 1 is 1.17 bits per heavy atom. The van der Waals surface area contributed by atoms with E-state index in [0.29, 0.717) is 35.0 Å². The number of rotatable bonds is 5. The van der Waals surface area contributed by atoms with Crippen LogP contribution in [0.1, 0.15) is 86.5 Å². The largest absolute Gasteiger partial charge is 0.298 e. The molecular formula is C22H23N3O4S. The van der Waals surface area contributed by atoms with Crippen LogP contribution in [0.2, 0.25) is 0 Å². The summed E-state index contributed by atoms with van der Waals surface area (Å²) in [6.07, 6.45) is 2.76. The third kappa shape index (κ3) is 3.56. The number of Topliss-reactive ketones (excluding diaryl/α,β-unsaturated/α-hetero) is 1. The maximum Gasteiger partial charge on any atom is 0.261 e. The first-order valence-corrected chi connectivity index (χ1v) is 10.9. The van der Waals surface area contributed by atoms with E-state index in [1.54, 1.807) is 0 Å². The second-order valence-corrected chi connectivity index (χ2v) is 9.56. The van der Waals surface area contributed by atoms with E-state index in [2.05, 4.69) is 10.3 Å². The highest BCUT2D eigenvalue weighted by Gasteiger charge is 2.36. The van der Waals surface area contributed by atoms with E-state index in [1.807, 2.05) is 20.8 Å². The van der Waals surface area contributed by atoms with Crippen LogP contribution in [-0.2, 0) is 6.42 Å². The van der Waals surface area contributed by atoms with Crippen LogP contribution < -0.4 is 5.32 Å². The Kier molecular flexibility index (Phi) is 5.05. The summed E-state index contributed by atoms with van der Waals surface area (Å²) in [7, 11) is 0. The number of nitrogens with zero attached hydrogens (tertiary/aromatic N) is 2. The zero-order valence-electron chi connectivity index (χ0n) is 17.2. The minimum Gasteiger partial charge on any atom is -0.298 e. The molecule has 7 nitrogen and oxygen atoms in total. The molecule has 156 valence electrons. The molecule has 2 aliphatic rings. The van der Waals surface area contributed by atoms with Gasteiger partial charge in [-0.25, -0.2) is 4.98 Å². The van der Waals surface area contributed by atoms with Crippen LogP contribution in [0.5, 0.6) is 0 Å². The summed E-state index contributed by atoms with van der Waals surface area (Å²) in [5.74, 6) is -1.06. The second-order valence-electron chi connectivity index (χ2n) is 8.57. The summed E-state index contributed by atoms with van der Waals surface area (Å²) in [6, 6.07) is 4.51. The molecule has 1 aromatic carbocycles. The summed E-state index contributed by atoms with van der Waals surface area (Å²) in [5.41, 5.74) is 1.42. The third-order valence-electron chi connectivity index (χ3n) is 5.42. The summed E-state index contributed by atoms with van der Waals surface area (Å²) in [5, 5.41) is 3.10. The van der Waals surface area contributed by atoms with E-state index in [9.17, 15) is 19.2 Å². The fourth-order valence-electron chi connectivity index (χ4n) is 3.89. The van der Waals surface area contributed by atoms with Crippen molar-refractivity contribution >= 4 is 40.0 Å². The number of imide groups is 1. The number of aromatic nitrogens is 1. The standard InChI is InChI=1S/C22H23N3O4S/c1-4-5-8-25-19(28)13-7-6-12(9-14(13)20(25)29)18(27)24-21-23-15-10-22(2,3)11-16(26)17(15)30-21/h6-7,9H,4-5,8,10-11H2,1-3H3,(H,23,24,27). The lowest BCUT2D eigenvalue weighted by atomic mass is 9.78. The maximum absolute atomic E-state index is 12.7. The highest BCUT2D eigenvalue weighted by molar-refractivity contribution is 7.17. The molecule has 0 unspecified atom stereocenters. The fraction of sp³-hybridized carbons (Fsp3) is 0.409. The zero-order valence-corrected chi connectivity index (χ0v) is 18.0. The molecular weight excluding hydrogens is 402 g/mol. The lowest BCUT2D eigenvalue weighted by Crippen LogP contribution is -2.30. The van der Waals surface area contributed by atoms with Gasteiger partial charge in [-0.05, 0) is 36.5 Å². The number of carbonyl (C=O) groups is 4. The number of fused-ring (bicyclic) bond motifs is 2. The first-order chi connectivity index (χ1) is 14.2. The molecule has 1 aliphatic carbocycles. The van der Waals surface area contributed by atoms with Crippen LogP contribution in [0.25, 0.3) is 0 Å². The van der Waals surface area contributed by atoms with Crippen molar-refractivity contribution < 1.29 is 19.2 Å². The lowest BCUT2D eigenvalue weighted by molar-refractivity contribution is 0.0651. The first-order valence-electron chi connectivity index (χ1n) is 10.0. The van der Waals surface area contributed by atoms with Crippen molar-refractivity contribution in [3.63, 3.8) is 0 Å². The minimum absolute atomic E-state index is 0.0491. The summed E-state index contributed by atoms with van der Waals surface area (Å²) in [4.78, 5) is 56.4. The van der Waals surface area contributed by atoms with Gasteiger partial charge in [0.05, 0.1) is 21.7 Å². The van der Waals surface area contributed by atoms with E-state index in [-0.39, 0.29) is 34.1 Å². The SMILES string of the molecule is CCCCN1C(=O)c2ccc(C(=O)Nc3nc4c(s3)C(=O)CC(C)(C)C4)cc2C1=O. The second kappa shape index (κ2) is 7.43. The van der Waals surface area contributed by atoms with Gasteiger partial charge in [0.15, 0.2) is 10.9 Å². The first kappa shape index (κ1) is 20.4. The topological polar surface area (TPSA) is 96.4 Å². The molecule has 0 spiro atoms. The molecule has 4 rings (SSSR count). The van der Waals surface area contributed by atoms with Crippen molar-refractivity contribution in [2.75, 3.05) is 11.9 Å². The zero-order chi connectivity index (χ0) is 21.6. The molecule has 2 aromatic rings. The molecule has 1 aliphatic heterocycles. The van der Waals surface area contributed by atoms with Gasteiger partial charge >= 0.3 is 0 Å². The van der Waals surface area contributed by atoms with E-state index < -0.39 is 5.91 Å². The molecule has 3 amide bonds. The maximum atomic E-state index is 12.7. The molecule has 1 N–H and O–H groups in total. The Balaban J connectivity index is 1.54. The molecule has 30 heavy (non-hydrogen) atoms. The highest BCUT2D eigenvalue weighted by Crippen LogP contribution is 2.38. The van der Waals surface area contributed by atoms with Gasteiger partial charge in [0.2, 0.25) is 0 Å². The smallest absolute Gasteiger partial charge is 0.261 e. The highest BCUT2D eigenvalue weighted by atomic mass is 32.1. The third-order valence-corrected chi connectivity index (χ3v) is 6.48. The van der Waals surface area contributed by atoms with Crippen molar-refractivity contribution in [1.29, 1.82) is 0 Å².